The van der Waals surface area contributed by atoms with Gasteiger partial charge in [-0.2, -0.15) is 0 Å². The van der Waals surface area contributed by atoms with Crippen LogP contribution in [-0.4, -0.2) is 22.4 Å². The molecule has 0 bridgehead atoms. The van der Waals surface area contributed by atoms with Crippen molar-refractivity contribution in [1.82, 2.24) is 5.32 Å². The highest BCUT2D eigenvalue weighted by Crippen LogP contribution is 2.30. The summed E-state index contributed by atoms with van der Waals surface area (Å²) in [7, 11) is 0. The van der Waals surface area contributed by atoms with Gasteiger partial charge in [0.05, 0.1) is 5.60 Å². The molecule has 3 nitrogen and oxygen atoms in total. The van der Waals surface area contributed by atoms with E-state index in [0.717, 1.165) is 30.4 Å². The van der Waals surface area contributed by atoms with E-state index < -0.39 is 5.60 Å². The van der Waals surface area contributed by atoms with E-state index in [1.807, 2.05) is 19.1 Å². The van der Waals surface area contributed by atoms with Crippen molar-refractivity contribution in [3.63, 3.8) is 0 Å². The molecule has 3 heteroatoms. The molecule has 0 saturated heterocycles. The minimum Gasteiger partial charge on any atom is -0.508 e. The Bertz CT molecular complexity index is 372. The maximum absolute atomic E-state index is 9.89. The molecule has 1 aliphatic rings. The molecule has 0 aromatic heterocycles. The number of aromatic hydroxyl groups is 1. The Hall–Kier alpha value is -1.06. The Morgan fingerprint density at radius 1 is 1.38 bits per heavy atom. The Morgan fingerprint density at radius 3 is 2.75 bits per heavy atom. The average molecular weight is 221 g/mol. The van der Waals surface area contributed by atoms with Gasteiger partial charge in [-0.15, -0.1) is 0 Å². The molecule has 3 N–H and O–H groups in total. The lowest BCUT2D eigenvalue weighted by atomic mass is 9.80. The van der Waals surface area contributed by atoms with Crippen molar-refractivity contribution in [2.45, 2.75) is 38.3 Å². The molecular weight excluding hydrogens is 202 g/mol. The van der Waals surface area contributed by atoms with E-state index in [9.17, 15) is 10.2 Å². The molecule has 2 rings (SSSR count). The molecule has 88 valence electrons. The summed E-state index contributed by atoms with van der Waals surface area (Å²) in [5.41, 5.74) is 1.53. The van der Waals surface area contributed by atoms with Crippen LogP contribution in [0.3, 0.4) is 0 Å². The smallest absolute Gasteiger partial charge is 0.120 e. The highest BCUT2D eigenvalue weighted by atomic mass is 16.3. The van der Waals surface area contributed by atoms with E-state index in [1.54, 1.807) is 6.07 Å². The number of nitrogens with one attached hydrogen (secondary N) is 1. The zero-order chi connectivity index (χ0) is 11.6. The van der Waals surface area contributed by atoms with Gasteiger partial charge in [-0.1, -0.05) is 17.7 Å². The number of aryl methyl sites for hydroxylation is 1. The van der Waals surface area contributed by atoms with Crippen LogP contribution in [0.15, 0.2) is 18.2 Å². The van der Waals surface area contributed by atoms with E-state index in [4.69, 9.17) is 0 Å². The number of phenols is 1. The normalized spacial score (nSPS) is 18.1. The van der Waals surface area contributed by atoms with Gasteiger partial charge in [-0.05, 0) is 32.3 Å². The molecular formula is C13H19NO2. The minimum absolute atomic E-state index is 0.318. The van der Waals surface area contributed by atoms with Gasteiger partial charge < -0.3 is 15.5 Å². The summed E-state index contributed by atoms with van der Waals surface area (Å²) in [4.78, 5) is 0. The maximum Gasteiger partial charge on any atom is 0.120 e. The third-order valence-corrected chi connectivity index (χ3v) is 3.29. The first-order valence-corrected chi connectivity index (χ1v) is 5.81. The number of hydrogen-bond donors (Lipinski definition) is 3. The summed E-state index contributed by atoms with van der Waals surface area (Å²) in [5.74, 6) is 0.318. The number of aliphatic hydroxyl groups is 1. The summed E-state index contributed by atoms with van der Waals surface area (Å²) in [6.07, 6.45) is 2.90. The SMILES string of the molecule is Cc1ccc(O)c(CNCC2(O)CCC2)c1. The molecule has 0 atom stereocenters. The fourth-order valence-electron chi connectivity index (χ4n) is 2.05. The first-order chi connectivity index (χ1) is 7.59. The van der Waals surface area contributed by atoms with Crippen LogP contribution < -0.4 is 5.32 Å². The van der Waals surface area contributed by atoms with Crippen LogP contribution in [-0.2, 0) is 6.54 Å². The Morgan fingerprint density at radius 2 is 2.12 bits per heavy atom. The monoisotopic (exact) mass is 221 g/mol. The third-order valence-electron chi connectivity index (χ3n) is 3.29. The summed E-state index contributed by atoms with van der Waals surface area (Å²) >= 11 is 0. The van der Waals surface area contributed by atoms with Crippen LogP contribution in [0.5, 0.6) is 5.75 Å². The van der Waals surface area contributed by atoms with Gasteiger partial charge in [0.15, 0.2) is 0 Å². The molecule has 1 saturated carbocycles. The molecule has 0 amide bonds. The second-order valence-electron chi connectivity index (χ2n) is 4.81. The molecule has 16 heavy (non-hydrogen) atoms. The third kappa shape index (κ3) is 2.54. The Kier molecular flexibility index (Phi) is 3.17. The summed E-state index contributed by atoms with van der Waals surface area (Å²) < 4.78 is 0. The van der Waals surface area contributed by atoms with Gasteiger partial charge in [0.1, 0.15) is 5.75 Å². The average Bonchev–Trinajstić information content (AvgIpc) is 2.21. The van der Waals surface area contributed by atoms with Crippen molar-refractivity contribution >= 4 is 0 Å². The van der Waals surface area contributed by atoms with Crippen LogP contribution in [0.1, 0.15) is 30.4 Å². The second kappa shape index (κ2) is 4.44. The first-order valence-electron chi connectivity index (χ1n) is 5.81. The van der Waals surface area contributed by atoms with Crippen LogP contribution >= 0.6 is 0 Å². The van der Waals surface area contributed by atoms with Crippen molar-refractivity contribution in [3.05, 3.63) is 29.3 Å². The molecule has 0 heterocycles. The summed E-state index contributed by atoms with van der Waals surface area (Å²) in [6, 6.07) is 5.57. The molecule has 0 radical (unpaired) electrons. The minimum atomic E-state index is -0.501. The van der Waals surface area contributed by atoms with E-state index in [2.05, 4.69) is 5.32 Å². The van der Waals surface area contributed by atoms with Crippen molar-refractivity contribution < 1.29 is 10.2 Å². The van der Waals surface area contributed by atoms with Crippen molar-refractivity contribution in [2.75, 3.05) is 6.54 Å². The van der Waals surface area contributed by atoms with Crippen LogP contribution in [0.25, 0.3) is 0 Å². The Labute approximate surface area is 96.1 Å². The number of phenolic OH excluding ortho intramolecular Hbond substituents is 1. The second-order valence-corrected chi connectivity index (χ2v) is 4.81. The molecule has 0 unspecified atom stereocenters. The lowest BCUT2D eigenvalue weighted by molar-refractivity contribution is -0.0315. The molecule has 1 aromatic carbocycles. The van der Waals surface area contributed by atoms with Crippen LogP contribution in [0, 0.1) is 6.92 Å². The maximum atomic E-state index is 9.89. The van der Waals surface area contributed by atoms with Gasteiger partial charge in [0, 0.05) is 18.7 Å². The highest BCUT2D eigenvalue weighted by Gasteiger charge is 2.33. The van der Waals surface area contributed by atoms with E-state index in [1.165, 1.54) is 0 Å². The van der Waals surface area contributed by atoms with E-state index in [-0.39, 0.29) is 0 Å². The number of hydrogen-bond acceptors (Lipinski definition) is 3. The highest BCUT2D eigenvalue weighted by molar-refractivity contribution is 5.35. The van der Waals surface area contributed by atoms with Crippen molar-refractivity contribution in [3.8, 4) is 5.75 Å². The largest absolute Gasteiger partial charge is 0.508 e. The number of rotatable bonds is 4. The molecule has 1 aromatic rings. The van der Waals surface area contributed by atoms with E-state index in [0.29, 0.717) is 18.8 Å². The van der Waals surface area contributed by atoms with Crippen LogP contribution in [0.2, 0.25) is 0 Å². The number of benzene rings is 1. The van der Waals surface area contributed by atoms with Gasteiger partial charge in [0.25, 0.3) is 0 Å². The lowest BCUT2D eigenvalue weighted by Gasteiger charge is -2.36. The molecule has 0 aliphatic heterocycles. The lowest BCUT2D eigenvalue weighted by Crippen LogP contribution is -2.45. The molecule has 1 fully saturated rings. The first kappa shape index (κ1) is 11.4. The quantitative estimate of drug-likeness (QED) is 0.725. The molecule has 1 aliphatic carbocycles. The van der Waals surface area contributed by atoms with Crippen molar-refractivity contribution in [2.24, 2.45) is 0 Å². The zero-order valence-electron chi connectivity index (χ0n) is 9.66. The topological polar surface area (TPSA) is 52.5 Å². The molecule has 0 spiro atoms. The summed E-state index contributed by atoms with van der Waals surface area (Å²) in [6.45, 7) is 3.22. The van der Waals surface area contributed by atoms with Gasteiger partial charge >= 0.3 is 0 Å². The van der Waals surface area contributed by atoms with Crippen molar-refractivity contribution in [1.29, 1.82) is 0 Å². The van der Waals surface area contributed by atoms with Gasteiger partial charge in [-0.25, -0.2) is 0 Å². The van der Waals surface area contributed by atoms with Gasteiger partial charge in [-0.3, -0.25) is 0 Å². The summed E-state index contributed by atoms with van der Waals surface area (Å²) in [5, 5.41) is 22.7. The standard InChI is InChI=1S/C13H19NO2/c1-10-3-4-12(15)11(7-10)8-14-9-13(16)5-2-6-13/h3-4,7,14-16H,2,5-6,8-9H2,1H3. The Balaban J connectivity index is 1.87. The predicted octanol–water partition coefficient (Wildman–Crippen LogP) is 1.71. The van der Waals surface area contributed by atoms with E-state index >= 15 is 0 Å². The fraction of sp³-hybridized carbons (Fsp3) is 0.538. The zero-order valence-corrected chi connectivity index (χ0v) is 9.66. The fourth-order valence-corrected chi connectivity index (χ4v) is 2.05. The predicted molar refractivity (Wildman–Crippen MR) is 63.4 cm³/mol. The van der Waals surface area contributed by atoms with Gasteiger partial charge in [0.2, 0.25) is 0 Å². The van der Waals surface area contributed by atoms with Crippen LogP contribution in [0.4, 0.5) is 0 Å².